The van der Waals surface area contributed by atoms with Crippen LogP contribution in [0, 0.1) is 23.7 Å². The lowest BCUT2D eigenvalue weighted by atomic mass is 9.81. The van der Waals surface area contributed by atoms with Gasteiger partial charge in [-0.25, -0.2) is 0 Å². The lowest BCUT2D eigenvalue weighted by molar-refractivity contribution is -0.145. The molecule has 2 aliphatic carbocycles. The molecule has 1 saturated heterocycles. The molecule has 2 bridgehead atoms. The molecule has 8 heteroatoms. The molecule has 4 rings (SSSR count). The first kappa shape index (κ1) is 19.8. The minimum absolute atomic E-state index is 0.00235. The van der Waals surface area contributed by atoms with Crippen LogP contribution in [0.5, 0.6) is 0 Å². The Morgan fingerprint density at radius 3 is 2.14 bits per heavy atom. The SMILES string of the molecule is O=C(CCN1C(=O)[C@@H]2[C@@H]3C[C@@H]([C@H](Br)[C@@H]3Br)[C@@H]2C1=O)OCC(=O)c1ccccc1. The van der Waals surface area contributed by atoms with Crippen LogP contribution in [0.15, 0.2) is 30.3 Å². The smallest absolute Gasteiger partial charge is 0.308 e. The summed E-state index contributed by atoms with van der Waals surface area (Å²) >= 11 is 7.29. The average Bonchev–Trinajstić information content (AvgIpc) is 3.30. The second-order valence-electron chi connectivity index (χ2n) is 7.53. The maximum atomic E-state index is 12.8. The van der Waals surface area contributed by atoms with Crippen LogP contribution in [-0.2, 0) is 19.1 Å². The van der Waals surface area contributed by atoms with Crippen LogP contribution in [0.3, 0.4) is 0 Å². The van der Waals surface area contributed by atoms with Crippen molar-refractivity contribution in [1.29, 1.82) is 0 Å². The van der Waals surface area contributed by atoms with E-state index in [4.69, 9.17) is 4.74 Å². The Labute approximate surface area is 179 Å². The first-order valence-corrected chi connectivity index (χ1v) is 11.1. The van der Waals surface area contributed by atoms with Crippen LogP contribution < -0.4 is 0 Å². The molecule has 1 aromatic rings. The van der Waals surface area contributed by atoms with E-state index >= 15 is 0 Å². The maximum Gasteiger partial charge on any atom is 0.308 e. The summed E-state index contributed by atoms with van der Waals surface area (Å²) in [6.07, 6.45) is 0.764. The van der Waals surface area contributed by atoms with Gasteiger partial charge in [-0.1, -0.05) is 62.2 Å². The summed E-state index contributed by atoms with van der Waals surface area (Å²) in [5, 5.41) is 0. The molecule has 3 fully saturated rings. The summed E-state index contributed by atoms with van der Waals surface area (Å²) in [6, 6.07) is 8.57. The Morgan fingerprint density at radius 1 is 1.00 bits per heavy atom. The Bertz CT molecular complexity index is 797. The van der Waals surface area contributed by atoms with Gasteiger partial charge in [0.05, 0.1) is 18.3 Å². The highest BCUT2D eigenvalue weighted by molar-refractivity contribution is 9.12. The number of halogens is 2. The number of esters is 1. The van der Waals surface area contributed by atoms with Crippen molar-refractivity contribution in [3.63, 3.8) is 0 Å². The molecule has 28 heavy (non-hydrogen) atoms. The van der Waals surface area contributed by atoms with Gasteiger partial charge in [0.15, 0.2) is 12.4 Å². The van der Waals surface area contributed by atoms with E-state index in [2.05, 4.69) is 31.9 Å². The number of hydrogen-bond acceptors (Lipinski definition) is 5. The number of carbonyl (C=O) groups is 4. The fraction of sp³-hybridized carbons (Fsp3) is 0.500. The molecule has 0 N–H and O–H groups in total. The van der Waals surface area contributed by atoms with Gasteiger partial charge in [0, 0.05) is 21.8 Å². The number of nitrogens with zero attached hydrogens (tertiary/aromatic N) is 1. The summed E-state index contributed by atoms with van der Waals surface area (Å²) in [5.74, 6) is -1.52. The number of benzene rings is 1. The second kappa shape index (κ2) is 7.71. The first-order chi connectivity index (χ1) is 13.4. The van der Waals surface area contributed by atoms with E-state index in [0.29, 0.717) is 5.56 Å². The molecule has 0 spiro atoms. The minimum atomic E-state index is -0.596. The number of imide groups is 1. The molecule has 6 nitrogen and oxygen atoms in total. The Kier molecular flexibility index (Phi) is 5.44. The first-order valence-electron chi connectivity index (χ1n) is 9.27. The highest BCUT2D eigenvalue weighted by Gasteiger charge is 2.66. The quantitative estimate of drug-likeness (QED) is 0.253. The summed E-state index contributed by atoms with van der Waals surface area (Å²) < 4.78 is 5.02. The third-order valence-corrected chi connectivity index (χ3v) is 9.28. The van der Waals surface area contributed by atoms with Gasteiger partial charge in [-0.15, -0.1) is 0 Å². The number of ketones is 1. The van der Waals surface area contributed by atoms with Gasteiger partial charge in [-0.05, 0) is 18.3 Å². The molecule has 0 aromatic heterocycles. The molecule has 3 aliphatic rings. The molecular weight excluding hydrogens is 494 g/mol. The molecule has 148 valence electrons. The molecule has 1 heterocycles. The zero-order valence-corrected chi connectivity index (χ0v) is 18.1. The van der Waals surface area contributed by atoms with Gasteiger partial charge < -0.3 is 4.74 Å². The number of Topliss-reactive ketones (excluding diaryl/α,β-unsaturated/α-hetero) is 1. The Hall–Kier alpha value is -1.54. The van der Waals surface area contributed by atoms with Crippen LogP contribution in [0.4, 0.5) is 0 Å². The average molecular weight is 513 g/mol. The summed E-state index contributed by atoms with van der Waals surface area (Å²) in [4.78, 5) is 51.1. The number of carbonyl (C=O) groups excluding carboxylic acids is 4. The monoisotopic (exact) mass is 511 g/mol. The third kappa shape index (κ3) is 3.24. The predicted molar refractivity (Wildman–Crippen MR) is 107 cm³/mol. The van der Waals surface area contributed by atoms with E-state index in [1.807, 2.05) is 0 Å². The van der Waals surface area contributed by atoms with Crippen molar-refractivity contribution < 1.29 is 23.9 Å². The van der Waals surface area contributed by atoms with Gasteiger partial charge in [-0.3, -0.25) is 24.1 Å². The summed E-state index contributed by atoms with van der Waals surface area (Å²) in [6.45, 7) is -0.348. The summed E-state index contributed by atoms with van der Waals surface area (Å²) in [7, 11) is 0. The number of ether oxygens (including phenoxy) is 1. The van der Waals surface area contributed by atoms with Crippen molar-refractivity contribution in [2.24, 2.45) is 23.7 Å². The van der Waals surface area contributed by atoms with Crippen molar-refractivity contribution in [3.8, 4) is 0 Å². The van der Waals surface area contributed by atoms with Gasteiger partial charge in [-0.2, -0.15) is 0 Å². The minimum Gasteiger partial charge on any atom is -0.457 e. The second-order valence-corrected chi connectivity index (χ2v) is 9.65. The highest BCUT2D eigenvalue weighted by Crippen LogP contribution is 2.60. The third-order valence-electron chi connectivity index (χ3n) is 6.08. The van der Waals surface area contributed by atoms with E-state index in [1.54, 1.807) is 30.3 Å². The maximum absolute atomic E-state index is 12.8. The van der Waals surface area contributed by atoms with Crippen LogP contribution >= 0.6 is 31.9 Å². The van der Waals surface area contributed by atoms with Gasteiger partial charge in [0.25, 0.3) is 0 Å². The van der Waals surface area contributed by atoms with Crippen LogP contribution in [0.1, 0.15) is 23.2 Å². The molecule has 2 saturated carbocycles. The van der Waals surface area contributed by atoms with Gasteiger partial charge >= 0.3 is 5.97 Å². The molecular formula is C20H19Br2NO5. The number of hydrogen-bond donors (Lipinski definition) is 0. The predicted octanol–water partition coefficient (Wildman–Crippen LogP) is 2.58. The zero-order valence-electron chi connectivity index (χ0n) is 14.9. The zero-order chi connectivity index (χ0) is 20.0. The lowest BCUT2D eigenvalue weighted by Crippen LogP contribution is -2.37. The normalized spacial score (nSPS) is 33.3. The number of amides is 2. The topological polar surface area (TPSA) is 80.8 Å². The summed E-state index contributed by atoms with van der Waals surface area (Å²) in [5.41, 5.74) is 0.470. The van der Waals surface area contributed by atoms with Gasteiger partial charge in [0.1, 0.15) is 0 Å². The van der Waals surface area contributed by atoms with Crippen LogP contribution in [0.25, 0.3) is 0 Å². The van der Waals surface area contributed by atoms with Crippen molar-refractivity contribution in [1.82, 2.24) is 4.90 Å². The van der Waals surface area contributed by atoms with Crippen molar-refractivity contribution in [2.45, 2.75) is 22.5 Å². The number of fused-ring (bicyclic) bond motifs is 5. The Morgan fingerprint density at radius 2 is 1.57 bits per heavy atom. The number of alkyl halides is 2. The molecule has 0 unspecified atom stereocenters. The fourth-order valence-corrected chi connectivity index (χ4v) is 6.63. The molecule has 6 atom stereocenters. The van der Waals surface area contributed by atoms with Crippen molar-refractivity contribution >= 4 is 55.4 Å². The molecule has 2 amide bonds. The van der Waals surface area contributed by atoms with Crippen LogP contribution in [0.2, 0.25) is 0 Å². The van der Waals surface area contributed by atoms with Crippen LogP contribution in [-0.4, -0.2) is 51.3 Å². The number of likely N-dealkylation sites (tertiary alicyclic amines) is 1. The van der Waals surface area contributed by atoms with E-state index in [0.717, 1.165) is 6.42 Å². The van der Waals surface area contributed by atoms with E-state index < -0.39 is 5.97 Å². The largest absolute Gasteiger partial charge is 0.457 e. The molecule has 0 radical (unpaired) electrons. The Balaban J connectivity index is 1.31. The van der Waals surface area contributed by atoms with Crippen molar-refractivity contribution in [2.75, 3.05) is 13.2 Å². The van der Waals surface area contributed by atoms with Crippen molar-refractivity contribution in [3.05, 3.63) is 35.9 Å². The molecule has 1 aromatic carbocycles. The van der Waals surface area contributed by atoms with E-state index in [9.17, 15) is 19.2 Å². The van der Waals surface area contributed by atoms with E-state index in [-0.39, 0.29) is 70.5 Å². The van der Waals surface area contributed by atoms with E-state index in [1.165, 1.54) is 4.90 Å². The number of rotatable bonds is 6. The fourth-order valence-electron chi connectivity index (χ4n) is 4.76. The highest BCUT2D eigenvalue weighted by atomic mass is 79.9. The van der Waals surface area contributed by atoms with Gasteiger partial charge in [0.2, 0.25) is 11.8 Å². The lowest BCUT2D eigenvalue weighted by Gasteiger charge is -2.28. The standard InChI is InChI=1S/C20H19Br2NO5/c21-17-11-8-12(18(17)22)16-15(11)19(26)23(20(16)27)7-6-14(25)28-9-13(24)10-4-2-1-3-5-10/h1-5,11-12,15-18H,6-9H2/t11-,12+,15+,16-,17+,18-. The molecule has 1 aliphatic heterocycles.